The Kier molecular flexibility index (Phi) is 3.15. The Morgan fingerprint density at radius 3 is 2.86 bits per heavy atom. The summed E-state index contributed by atoms with van der Waals surface area (Å²) < 4.78 is 2.04. The molecule has 1 fully saturated rings. The quantitative estimate of drug-likeness (QED) is 0.858. The van der Waals surface area contributed by atoms with Crippen LogP contribution in [0, 0.1) is 11.8 Å². The van der Waals surface area contributed by atoms with Gasteiger partial charge >= 0.3 is 0 Å². The van der Waals surface area contributed by atoms with Crippen molar-refractivity contribution in [3.05, 3.63) is 60.7 Å². The number of hydrogen-bond donors (Lipinski definition) is 1. The minimum absolute atomic E-state index is 0.529. The van der Waals surface area contributed by atoms with Crippen LogP contribution in [0.25, 0.3) is 5.69 Å². The highest BCUT2D eigenvalue weighted by Gasteiger charge is 2.44. The lowest BCUT2D eigenvalue weighted by Gasteiger charge is -2.39. The van der Waals surface area contributed by atoms with E-state index in [9.17, 15) is 0 Å². The summed E-state index contributed by atoms with van der Waals surface area (Å²) in [6, 6.07) is 10.2. The van der Waals surface area contributed by atoms with Gasteiger partial charge in [-0.1, -0.05) is 24.3 Å². The molecule has 0 amide bonds. The van der Waals surface area contributed by atoms with Crippen LogP contribution in [0.5, 0.6) is 0 Å². The van der Waals surface area contributed by atoms with Crippen molar-refractivity contribution in [3.63, 3.8) is 0 Å². The SMILES string of the molecule is C[C@@H]([NH2+][C@@H]1C[C@H]2CC=C[C@@H]21)c1ccc(-n2ccnc2)cc1. The van der Waals surface area contributed by atoms with E-state index in [1.54, 1.807) is 0 Å². The third-order valence-electron chi connectivity index (χ3n) is 5.17. The number of quaternary nitrogens is 1. The molecule has 0 spiro atoms. The number of fused-ring (bicyclic) bond motifs is 1. The summed E-state index contributed by atoms with van der Waals surface area (Å²) in [5, 5.41) is 2.56. The van der Waals surface area contributed by atoms with E-state index in [-0.39, 0.29) is 0 Å². The van der Waals surface area contributed by atoms with Crippen LogP contribution in [0.15, 0.2) is 55.1 Å². The molecule has 2 N–H and O–H groups in total. The molecule has 4 rings (SSSR count). The van der Waals surface area contributed by atoms with E-state index in [0.717, 1.165) is 17.9 Å². The lowest BCUT2D eigenvalue weighted by atomic mass is 9.71. The number of rotatable bonds is 4. The first-order chi connectivity index (χ1) is 10.3. The van der Waals surface area contributed by atoms with Gasteiger partial charge in [0.2, 0.25) is 0 Å². The Labute approximate surface area is 125 Å². The first kappa shape index (κ1) is 12.8. The van der Waals surface area contributed by atoms with E-state index in [1.165, 1.54) is 24.1 Å². The average Bonchev–Trinajstić information content (AvgIpc) is 3.14. The highest BCUT2D eigenvalue weighted by atomic mass is 15.0. The molecule has 2 aromatic rings. The zero-order chi connectivity index (χ0) is 14.2. The highest BCUT2D eigenvalue weighted by molar-refractivity contribution is 5.35. The number of imidazole rings is 1. The van der Waals surface area contributed by atoms with Crippen LogP contribution in [0.2, 0.25) is 0 Å². The lowest BCUT2D eigenvalue weighted by Crippen LogP contribution is -2.94. The summed E-state index contributed by atoms with van der Waals surface area (Å²) in [6.07, 6.45) is 13.1. The smallest absolute Gasteiger partial charge is 0.109 e. The third-order valence-corrected chi connectivity index (χ3v) is 5.17. The fourth-order valence-corrected chi connectivity index (χ4v) is 3.83. The summed E-state index contributed by atoms with van der Waals surface area (Å²) in [4.78, 5) is 4.10. The maximum Gasteiger partial charge on any atom is 0.109 e. The van der Waals surface area contributed by atoms with E-state index in [0.29, 0.717) is 6.04 Å². The van der Waals surface area contributed by atoms with Crippen molar-refractivity contribution >= 4 is 0 Å². The van der Waals surface area contributed by atoms with Gasteiger partial charge in [0.1, 0.15) is 6.04 Å². The number of nitrogens with zero attached hydrogens (tertiary/aromatic N) is 2. The monoisotopic (exact) mass is 280 g/mol. The molecule has 1 aromatic heterocycles. The summed E-state index contributed by atoms with van der Waals surface area (Å²) >= 11 is 0. The Morgan fingerprint density at radius 1 is 1.29 bits per heavy atom. The van der Waals surface area contributed by atoms with Gasteiger partial charge in [-0.15, -0.1) is 0 Å². The molecule has 1 aromatic carbocycles. The Morgan fingerprint density at radius 2 is 2.14 bits per heavy atom. The molecule has 1 saturated carbocycles. The molecule has 3 heteroatoms. The van der Waals surface area contributed by atoms with Gasteiger partial charge in [0.25, 0.3) is 0 Å². The summed E-state index contributed by atoms with van der Waals surface area (Å²) in [6.45, 7) is 2.32. The maximum atomic E-state index is 4.10. The van der Waals surface area contributed by atoms with Gasteiger partial charge in [0.05, 0.1) is 12.4 Å². The van der Waals surface area contributed by atoms with Crippen LogP contribution < -0.4 is 5.32 Å². The third kappa shape index (κ3) is 2.32. The molecule has 0 radical (unpaired) electrons. The van der Waals surface area contributed by atoms with Crippen LogP contribution >= 0.6 is 0 Å². The molecule has 108 valence electrons. The Bertz CT molecular complexity index is 627. The van der Waals surface area contributed by atoms with Gasteiger partial charge in [0.15, 0.2) is 0 Å². The molecule has 0 unspecified atom stereocenters. The molecule has 21 heavy (non-hydrogen) atoms. The number of aromatic nitrogens is 2. The Balaban J connectivity index is 1.42. The number of allylic oxidation sites excluding steroid dienone is 1. The van der Waals surface area contributed by atoms with Crippen LogP contribution in [-0.4, -0.2) is 15.6 Å². The van der Waals surface area contributed by atoms with Crippen LogP contribution in [0.3, 0.4) is 0 Å². The van der Waals surface area contributed by atoms with E-state index in [4.69, 9.17) is 0 Å². The number of nitrogens with two attached hydrogens (primary N) is 1. The second kappa shape index (κ2) is 5.15. The van der Waals surface area contributed by atoms with Crippen molar-refractivity contribution in [2.45, 2.75) is 31.8 Å². The van der Waals surface area contributed by atoms with Crippen molar-refractivity contribution < 1.29 is 5.32 Å². The van der Waals surface area contributed by atoms with Gasteiger partial charge in [-0.2, -0.15) is 0 Å². The maximum absolute atomic E-state index is 4.10. The Hall–Kier alpha value is -1.87. The van der Waals surface area contributed by atoms with Gasteiger partial charge in [-0.3, -0.25) is 0 Å². The number of hydrogen-bond acceptors (Lipinski definition) is 1. The van der Waals surface area contributed by atoms with Crippen molar-refractivity contribution in [1.29, 1.82) is 0 Å². The first-order valence-corrected chi connectivity index (χ1v) is 7.91. The average molecular weight is 280 g/mol. The molecule has 4 atom stereocenters. The van der Waals surface area contributed by atoms with Gasteiger partial charge in [-0.05, 0) is 31.4 Å². The molecule has 0 bridgehead atoms. The van der Waals surface area contributed by atoms with Crippen molar-refractivity contribution in [1.82, 2.24) is 9.55 Å². The minimum Gasteiger partial charge on any atom is -0.337 e. The largest absolute Gasteiger partial charge is 0.337 e. The molecule has 2 aliphatic carbocycles. The summed E-state index contributed by atoms with van der Waals surface area (Å²) in [7, 11) is 0. The fourth-order valence-electron chi connectivity index (χ4n) is 3.83. The zero-order valence-electron chi connectivity index (χ0n) is 12.4. The molecule has 3 nitrogen and oxygen atoms in total. The van der Waals surface area contributed by atoms with Gasteiger partial charge in [0, 0.05) is 36.0 Å². The van der Waals surface area contributed by atoms with Crippen LogP contribution in [0.1, 0.15) is 31.4 Å². The summed E-state index contributed by atoms with van der Waals surface area (Å²) in [5.41, 5.74) is 2.58. The van der Waals surface area contributed by atoms with Gasteiger partial charge in [-0.25, -0.2) is 4.98 Å². The highest BCUT2D eigenvalue weighted by Crippen LogP contribution is 2.41. The molecule has 0 aliphatic heterocycles. The number of benzene rings is 1. The second-order valence-electron chi connectivity index (χ2n) is 6.44. The molecular formula is C18H22N3+. The normalized spacial score (nSPS) is 28.1. The van der Waals surface area contributed by atoms with E-state index >= 15 is 0 Å². The van der Waals surface area contributed by atoms with E-state index in [1.807, 2.05) is 23.3 Å². The molecular weight excluding hydrogens is 258 g/mol. The standard InChI is InChI=1S/C18H21N3/c1-13(20-18-11-15-3-2-4-17(15)18)14-5-7-16(8-6-14)21-10-9-19-12-21/h2,4-10,12-13,15,17-18,20H,3,11H2,1H3/p+1/t13-,15-,17+,18-/m1/s1. The van der Waals surface area contributed by atoms with Crippen molar-refractivity contribution in [3.8, 4) is 5.69 Å². The van der Waals surface area contributed by atoms with Gasteiger partial charge < -0.3 is 9.88 Å². The topological polar surface area (TPSA) is 34.4 Å². The van der Waals surface area contributed by atoms with Crippen molar-refractivity contribution in [2.75, 3.05) is 0 Å². The minimum atomic E-state index is 0.529. The lowest BCUT2D eigenvalue weighted by molar-refractivity contribution is -0.741. The predicted octanol–water partition coefficient (Wildman–Crippen LogP) is 2.46. The van der Waals surface area contributed by atoms with E-state index < -0.39 is 0 Å². The zero-order valence-corrected chi connectivity index (χ0v) is 12.4. The molecule has 1 heterocycles. The van der Waals surface area contributed by atoms with Crippen LogP contribution in [0.4, 0.5) is 0 Å². The van der Waals surface area contributed by atoms with Crippen LogP contribution in [-0.2, 0) is 0 Å². The second-order valence-corrected chi connectivity index (χ2v) is 6.44. The van der Waals surface area contributed by atoms with E-state index in [2.05, 4.69) is 53.6 Å². The van der Waals surface area contributed by atoms with Crippen molar-refractivity contribution in [2.24, 2.45) is 11.8 Å². The predicted molar refractivity (Wildman–Crippen MR) is 83.0 cm³/mol. The first-order valence-electron chi connectivity index (χ1n) is 7.91. The fraction of sp³-hybridized carbons (Fsp3) is 0.389. The summed E-state index contributed by atoms with van der Waals surface area (Å²) in [5.74, 6) is 1.78. The molecule has 2 aliphatic rings. The molecule has 0 saturated heterocycles.